The summed E-state index contributed by atoms with van der Waals surface area (Å²) < 4.78 is 0. The van der Waals surface area contributed by atoms with E-state index in [0.717, 1.165) is 16.5 Å². The molecule has 0 aliphatic heterocycles. The van der Waals surface area contributed by atoms with Crippen LogP contribution in [0.25, 0.3) is 10.9 Å². The third kappa shape index (κ3) is 5.00. The fourth-order valence-electron chi connectivity index (χ4n) is 3.70. The van der Waals surface area contributed by atoms with Gasteiger partial charge in [-0.3, -0.25) is 4.79 Å². The van der Waals surface area contributed by atoms with Gasteiger partial charge < -0.3 is 20.9 Å². The summed E-state index contributed by atoms with van der Waals surface area (Å²) in [4.78, 5) is 29.4. The van der Waals surface area contributed by atoms with Crippen molar-refractivity contribution < 1.29 is 9.59 Å². The van der Waals surface area contributed by atoms with Crippen LogP contribution in [0.3, 0.4) is 0 Å². The number of aromatic amines is 1. The van der Waals surface area contributed by atoms with Crippen LogP contribution in [0.2, 0.25) is 0 Å². The van der Waals surface area contributed by atoms with Crippen LogP contribution >= 0.6 is 11.3 Å². The molecule has 164 valence electrons. The Morgan fingerprint density at radius 2 is 1.88 bits per heavy atom. The summed E-state index contributed by atoms with van der Waals surface area (Å²) in [6.07, 6.45) is 2.03. The van der Waals surface area contributed by atoms with E-state index in [1.165, 1.54) is 4.88 Å². The standard InChI is InChI=1S/C25H26N4O2S/c1-16(2)28-25(31)29-18-8-5-7-17(13-18)24(30)27-15-21(23-11-6-12-32-23)20-14-26-22-10-4-3-9-19(20)22/h3-14,16,21,26H,15H2,1-2H3,(H,27,30)(H2,28,29,31). The Kier molecular flexibility index (Phi) is 6.56. The third-order valence-electron chi connectivity index (χ3n) is 5.15. The second kappa shape index (κ2) is 9.70. The maximum atomic E-state index is 12.9. The van der Waals surface area contributed by atoms with Crippen molar-refractivity contribution >= 4 is 39.9 Å². The summed E-state index contributed by atoms with van der Waals surface area (Å²) >= 11 is 1.68. The van der Waals surface area contributed by atoms with Crippen molar-refractivity contribution in [3.63, 3.8) is 0 Å². The van der Waals surface area contributed by atoms with E-state index in [0.29, 0.717) is 17.8 Å². The molecule has 0 aliphatic rings. The van der Waals surface area contributed by atoms with E-state index in [1.807, 2.05) is 38.2 Å². The molecule has 4 aromatic rings. The van der Waals surface area contributed by atoms with E-state index in [9.17, 15) is 9.59 Å². The van der Waals surface area contributed by atoms with Crippen LogP contribution in [0.1, 0.15) is 40.6 Å². The van der Waals surface area contributed by atoms with Crippen LogP contribution in [-0.2, 0) is 0 Å². The molecule has 0 saturated carbocycles. The molecule has 0 fully saturated rings. The Hall–Kier alpha value is -3.58. The van der Waals surface area contributed by atoms with Crippen molar-refractivity contribution in [3.05, 3.63) is 88.2 Å². The van der Waals surface area contributed by atoms with Crippen LogP contribution in [0.15, 0.2) is 72.2 Å². The van der Waals surface area contributed by atoms with Gasteiger partial charge in [0.05, 0.1) is 0 Å². The van der Waals surface area contributed by atoms with Gasteiger partial charge in [0.1, 0.15) is 0 Å². The molecule has 32 heavy (non-hydrogen) atoms. The maximum absolute atomic E-state index is 12.9. The number of anilines is 1. The molecule has 4 rings (SSSR count). The molecule has 2 aromatic carbocycles. The molecule has 7 heteroatoms. The van der Waals surface area contributed by atoms with Crippen molar-refractivity contribution in [1.82, 2.24) is 15.6 Å². The molecule has 4 N–H and O–H groups in total. The second-order valence-electron chi connectivity index (χ2n) is 7.90. The highest BCUT2D eigenvalue weighted by molar-refractivity contribution is 7.10. The smallest absolute Gasteiger partial charge is 0.319 e. The van der Waals surface area contributed by atoms with Gasteiger partial charge in [-0.25, -0.2) is 4.79 Å². The molecule has 0 bridgehead atoms. The number of urea groups is 1. The lowest BCUT2D eigenvalue weighted by Gasteiger charge is -2.17. The lowest BCUT2D eigenvalue weighted by molar-refractivity contribution is 0.0952. The quantitative estimate of drug-likeness (QED) is 0.310. The number of fused-ring (bicyclic) bond motifs is 1. The van der Waals surface area contributed by atoms with Gasteiger partial charge in [-0.1, -0.05) is 30.3 Å². The van der Waals surface area contributed by atoms with Crippen LogP contribution in [0, 0.1) is 0 Å². The first kappa shape index (κ1) is 21.6. The number of thiophene rings is 1. The lowest BCUT2D eigenvalue weighted by atomic mass is 9.96. The zero-order valence-electron chi connectivity index (χ0n) is 18.0. The maximum Gasteiger partial charge on any atom is 0.319 e. The molecule has 6 nitrogen and oxygen atoms in total. The Morgan fingerprint density at radius 3 is 2.66 bits per heavy atom. The van der Waals surface area contributed by atoms with Gasteiger partial charge in [-0.15, -0.1) is 11.3 Å². The summed E-state index contributed by atoms with van der Waals surface area (Å²) in [7, 11) is 0. The fraction of sp³-hybridized carbons (Fsp3) is 0.200. The predicted octanol–water partition coefficient (Wildman–Crippen LogP) is 5.32. The van der Waals surface area contributed by atoms with Gasteiger partial charge in [0.25, 0.3) is 5.91 Å². The van der Waals surface area contributed by atoms with E-state index in [1.54, 1.807) is 35.6 Å². The second-order valence-corrected chi connectivity index (χ2v) is 8.88. The zero-order chi connectivity index (χ0) is 22.5. The number of carbonyl (C=O) groups is 2. The minimum absolute atomic E-state index is 0.0279. The Balaban J connectivity index is 1.50. The average molecular weight is 447 g/mol. The summed E-state index contributed by atoms with van der Waals surface area (Å²) in [5.41, 5.74) is 3.30. The normalized spacial score (nSPS) is 12.0. The van der Waals surface area contributed by atoms with Crippen LogP contribution in [0.4, 0.5) is 10.5 Å². The largest absolute Gasteiger partial charge is 0.361 e. The molecule has 1 atom stereocenters. The number of aromatic nitrogens is 1. The highest BCUT2D eigenvalue weighted by Crippen LogP contribution is 2.32. The number of para-hydroxylation sites is 1. The van der Waals surface area contributed by atoms with E-state index in [-0.39, 0.29) is 23.9 Å². The van der Waals surface area contributed by atoms with Gasteiger partial charge in [0.2, 0.25) is 0 Å². The molecule has 0 radical (unpaired) electrons. The van der Waals surface area contributed by atoms with Gasteiger partial charge in [-0.05, 0) is 55.1 Å². The topological polar surface area (TPSA) is 86.0 Å². The molecule has 3 amide bonds. The minimum atomic E-state index is -0.297. The molecule has 2 heterocycles. The van der Waals surface area contributed by atoms with Crippen LogP contribution in [-0.4, -0.2) is 29.5 Å². The number of rotatable bonds is 7. The number of benzene rings is 2. The molecule has 1 unspecified atom stereocenters. The number of hydrogen-bond acceptors (Lipinski definition) is 3. The SMILES string of the molecule is CC(C)NC(=O)Nc1cccc(C(=O)NCC(c2cccs2)c2c[nH]c3ccccc23)c1. The molecular weight excluding hydrogens is 420 g/mol. The fourth-order valence-corrected chi connectivity index (χ4v) is 4.55. The van der Waals surface area contributed by atoms with E-state index in [2.05, 4.69) is 44.5 Å². The Bertz CT molecular complexity index is 1210. The number of amides is 3. The molecule has 2 aromatic heterocycles. The molecule has 0 saturated heterocycles. The van der Waals surface area contributed by atoms with Crippen LogP contribution in [0.5, 0.6) is 0 Å². The number of hydrogen-bond donors (Lipinski definition) is 4. The molecular formula is C25H26N4O2S. The predicted molar refractivity (Wildman–Crippen MR) is 131 cm³/mol. The first-order valence-electron chi connectivity index (χ1n) is 10.6. The summed E-state index contributed by atoms with van der Waals surface area (Å²) in [6, 6.07) is 19.0. The van der Waals surface area contributed by atoms with E-state index < -0.39 is 0 Å². The Labute approximate surface area is 191 Å². The summed E-state index contributed by atoms with van der Waals surface area (Å²) in [5.74, 6) is -0.146. The molecule has 0 spiro atoms. The minimum Gasteiger partial charge on any atom is -0.361 e. The van der Waals surface area contributed by atoms with Crippen molar-refractivity contribution in [2.24, 2.45) is 0 Å². The zero-order valence-corrected chi connectivity index (χ0v) is 18.8. The van der Waals surface area contributed by atoms with Crippen molar-refractivity contribution in [3.8, 4) is 0 Å². The van der Waals surface area contributed by atoms with Crippen molar-refractivity contribution in [2.45, 2.75) is 25.8 Å². The van der Waals surface area contributed by atoms with E-state index in [4.69, 9.17) is 0 Å². The van der Waals surface area contributed by atoms with Crippen LogP contribution < -0.4 is 16.0 Å². The highest BCUT2D eigenvalue weighted by Gasteiger charge is 2.20. The summed E-state index contributed by atoms with van der Waals surface area (Å²) in [5, 5.41) is 11.8. The lowest BCUT2D eigenvalue weighted by Crippen LogP contribution is -2.34. The average Bonchev–Trinajstić information content (AvgIpc) is 3.44. The highest BCUT2D eigenvalue weighted by atomic mass is 32.1. The van der Waals surface area contributed by atoms with Crippen molar-refractivity contribution in [1.29, 1.82) is 0 Å². The van der Waals surface area contributed by atoms with Gasteiger partial charge >= 0.3 is 6.03 Å². The Morgan fingerprint density at radius 1 is 1.03 bits per heavy atom. The number of H-pyrrole nitrogens is 1. The van der Waals surface area contributed by atoms with Gasteiger partial charge in [0.15, 0.2) is 0 Å². The van der Waals surface area contributed by atoms with Gasteiger partial charge in [0, 0.05) is 51.7 Å². The van der Waals surface area contributed by atoms with Gasteiger partial charge in [-0.2, -0.15) is 0 Å². The van der Waals surface area contributed by atoms with E-state index >= 15 is 0 Å². The first-order valence-corrected chi connectivity index (χ1v) is 11.4. The summed E-state index contributed by atoms with van der Waals surface area (Å²) in [6.45, 7) is 4.25. The number of carbonyl (C=O) groups excluding carboxylic acids is 2. The molecule has 0 aliphatic carbocycles. The number of nitrogens with one attached hydrogen (secondary N) is 4. The third-order valence-corrected chi connectivity index (χ3v) is 6.14. The monoisotopic (exact) mass is 446 g/mol. The first-order chi connectivity index (χ1) is 15.5. The van der Waals surface area contributed by atoms with Crippen molar-refractivity contribution in [2.75, 3.05) is 11.9 Å².